The lowest BCUT2D eigenvalue weighted by Crippen LogP contribution is -2.35. The third-order valence-electron chi connectivity index (χ3n) is 5.67. The maximum atomic E-state index is 5.66. The largest absolute Gasteiger partial charge is 0.494 e. The van der Waals surface area contributed by atoms with Gasteiger partial charge in [-0.2, -0.15) is 0 Å². The summed E-state index contributed by atoms with van der Waals surface area (Å²) >= 11 is 1.79. The normalized spacial score (nSPS) is 16.8. The third kappa shape index (κ3) is 3.45. The van der Waals surface area contributed by atoms with E-state index < -0.39 is 0 Å². The third-order valence-corrected chi connectivity index (χ3v) is 6.57. The molecule has 29 heavy (non-hydrogen) atoms. The van der Waals surface area contributed by atoms with E-state index in [4.69, 9.17) is 4.74 Å². The Labute approximate surface area is 175 Å². The molecule has 1 aliphatic rings. The van der Waals surface area contributed by atoms with Gasteiger partial charge in [0.2, 0.25) is 0 Å². The first-order valence-electron chi connectivity index (χ1n) is 10.2. The highest BCUT2D eigenvalue weighted by Gasteiger charge is 2.32. The van der Waals surface area contributed by atoms with Crippen LogP contribution in [0, 0.1) is 6.92 Å². The Balaban J connectivity index is 1.58. The van der Waals surface area contributed by atoms with Crippen molar-refractivity contribution < 1.29 is 4.74 Å². The van der Waals surface area contributed by atoms with Crippen LogP contribution in [0.3, 0.4) is 0 Å². The van der Waals surface area contributed by atoms with E-state index in [-0.39, 0.29) is 6.04 Å². The Bertz CT molecular complexity index is 1130. The van der Waals surface area contributed by atoms with Gasteiger partial charge in [-0.05, 0) is 49.6 Å². The van der Waals surface area contributed by atoms with Crippen molar-refractivity contribution in [3.05, 3.63) is 81.4 Å². The smallest absolute Gasteiger partial charge is 0.119 e. The van der Waals surface area contributed by atoms with Gasteiger partial charge in [-0.15, -0.1) is 11.3 Å². The van der Waals surface area contributed by atoms with Crippen LogP contribution in [0.15, 0.2) is 54.7 Å². The zero-order valence-corrected chi connectivity index (χ0v) is 17.6. The summed E-state index contributed by atoms with van der Waals surface area (Å²) in [5.41, 5.74) is 5.30. The number of fused-ring (bicyclic) bond motifs is 3. The van der Waals surface area contributed by atoms with Crippen molar-refractivity contribution in [2.75, 3.05) is 13.2 Å². The number of benzene rings is 2. The second-order valence-electron chi connectivity index (χ2n) is 7.53. The van der Waals surface area contributed by atoms with Crippen molar-refractivity contribution in [2.45, 2.75) is 32.9 Å². The van der Waals surface area contributed by atoms with Crippen LogP contribution in [0.5, 0.6) is 5.75 Å². The first kappa shape index (κ1) is 18.4. The SMILES string of the molecule is CCOc1ccc([C@H]2c3[nH]c4ccccc4c3CCN2Cc2cnc(C)s2)cc1. The maximum Gasteiger partial charge on any atom is 0.119 e. The molecule has 0 bridgehead atoms. The predicted molar refractivity (Wildman–Crippen MR) is 119 cm³/mol. The maximum absolute atomic E-state index is 5.66. The van der Waals surface area contributed by atoms with Gasteiger partial charge in [-0.3, -0.25) is 4.90 Å². The molecular weight excluding hydrogens is 378 g/mol. The first-order valence-corrected chi connectivity index (χ1v) is 11.0. The second kappa shape index (κ2) is 7.65. The molecule has 0 fully saturated rings. The highest BCUT2D eigenvalue weighted by molar-refractivity contribution is 7.11. The van der Waals surface area contributed by atoms with Crippen molar-refractivity contribution in [3.8, 4) is 5.75 Å². The molecular formula is C24H25N3OS. The fraction of sp³-hybridized carbons (Fsp3) is 0.292. The average molecular weight is 404 g/mol. The van der Waals surface area contributed by atoms with Gasteiger partial charge in [-0.1, -0.05) is 30.3 Å². The number of aromatic amines is 1. The van der Waals surface area contributed by atoms with E-state index in [0.29, 0.717) is 6.61 Å². The van der Waals surface area contributed by atoms with Gasteiger partial charge >= 0.3 is 0 Å². The Morgan fingerprint density at radius 1 is 1.17 bits per heavy atom. The molecule has 0 aliphatic carbocycles. The minimum absolute atomic E-state index is 0.198. The Hall–Kier alpha value is -2.63. The van der Waals surface area contributed by atoms with Crippen molar-refractivity contribution in [1.82, 2.24) is 14.9 Å². The van der Waals surface area contributed by atoms with Crippen LogP contribution in [-0.2, 0) is 13.0 Å². The Morgan fingerprint density at radius 3 is 2.76 bits per heavy atom. The van der Waals surface area contributed by atoms with Crippen LogP contribution < -0.4 is 4.74 Å². The molecule has 0 spiro atoms. The predicted octanol–water partition coefficient (Wildman–Crippen LogP) is 5.48. The zero-order chi connectivity index (χ0) is 19.8. The van der Waals surface area contributed by atoms with Gasteiger partial charge in [0.05, 0.1) is 17.7 Å². The van der Waals surface area contributed by atoms with E-state index >= 15 is 0 Å². The van der Waals surface area contributed by atoms with Crippen molar-refractivity contribution >= 4 is 22.2 Å². The monoisotopic (exact) mass is 403 g/mol. The number of para-hydroxylation sites is 1. The molecule has 148 valence electrons. The zero-order valence-electron chi connectivity index (χ0n) is 16.8. The summed E-state index contributed by atoms with van der Waals surface area (Å²) in [5, 5.41) is 2.48. The number of hydrogen-bond donors (Lipinski definition) is 1. The van der Waals surface area contributed by atoms with Crippen LogP contribution in [-0.4, -0.2) is 28.0 Å². The number of rotatable bonds is 5. The molecule has 0 saturated heterocycles. The summed E-state index contributed by atoms with van der Waals surface area (Å²) in [6.07, 6.45) is 3.08. The van der Waals surface area contributed by atoms with E-state index in [9.17, 15) is 0 Å². The molecule has 0 unspecified atom stereocenters. The molecule has 1 aliphatic heterocycles. The van der Waals surface area contributed by atoms with Crippen LogP contribution in [0.2, 0.25) is 0 Å². The van der Waals surface area contributed by atoms with Gasteiger partial charge in [-0.25, -0.2) is 4.98 Å². The number of aromatic nitrogens is 2. The highest BCUT2D eigenvalue weighted by atomic mass is 32.1. The molecule has 0 amide bonds. The number of nitrogens with one attached hydrogen (secondary N) is 1. The molecule has 1 atom stereocenters. The van der Waals surface area contributed by atoms with Gasteiger partial charge in [0.25, 0.3) is 0 Å². The number of H-pyrrole nitrogens is 1. The quantitative estimate of drug-likeness (QED) is 0.480. The van der Waals surface area contributed by atoms with Gasteiger partial charge < -0.3 is 9.72 Å². The van der Waals surface area contributed by atoms with Crippen molar-refractivity contribution in [3.63, 3.8) is 0 Å². The van der Waals surface area contributed by atoms with Gasteiger partial charge in [0.1, 0.15) is 5.75 Å². The van der Waals surface area contributed by atoms with Gasteiger partial charge in [0.15, 0.2) is 0 Å². The van der Waals surface area contributed by atoms with E-state index in [1.54, 1.807) is 11.3 Å². The fourth-order valence-electron chi connectivity index (χ4n) is 4.43. The molecule has 1 N–H and O–H groups in total. The summed E-state index contributed by atoms with van der Waals surface area (Å²) in [5.74, 6) is 0.925. The van der Waals surface area contributed by atoms with Crippen molar-refractivity contribution in [2.24, 2.45) is 0 Å². The van der Waals surface area contributed by atoms with E-state index in [0.717, 1.165) is 30.3 Å². The number of ether oxygens (including phenoxy) is 1. The lowest BCUT2D eigenvalue weighted by atomic mass is 9.92. The summed E-state index contributed by atoms with van der Waals surface area (Å²) in [4.78, 5) is 12.1. The van der Waals surface area contributed by atoms with E-state index in [2.05, 4.69) is 70.3 Å². The van der Waals surface area contributed by atoms with Crippen molar-refractivity contribution in [1.29, 1.82) is 0 Å². The molecule has 3 heterocycles. The highest BCUT2D eigenvalue weighted by Crippen LogP contribution is 2.39. The summed E-state index contributed by atoms with van der Waals surface area (Å²) in [6, 6.07) is 17.5. The molecule has 5 heteroatoms. The summed E-state index contributed by atoms with van der Waals surface area (Å²) in [7, 11) is 0. The molecule has 0 radical (unpaired) electrons. The van der Waals surface area contributed by atoms with E-state index in [1.165, 1.54) is 32.6 Å². The molecule has 5 rings (SSSR count). The second-order valence-corrected chi connectivity index (χ2v) is 8.85. The Morgan fingerprint density at radius 2 is 2.00 bits per heavy atom. The first-order chi connectivity index (χ1) is 14.2. The topological polar surface area (TPSA) is 41.1 Å². The summed E-state index contributed by atoms with van der Waals surface area (Å²) < 4.78 is 5.66. The standard InChI is InChI=1S/C24H25N3OS/c1-3-28-18-10-8-17(9-11-18)24-23-21(20-6-4-5-7-22(20)26-23)12-13-27(24)15-19-14-25-16(2)29-19/h4-11,14,24,26H,3,12-13,15H2,1-2H3/t24-/m0/s1. The molecule has 0 saturated carbocycles. The molecule has 4 nitrogen and oxygen atoms in total. The van der Waals surface area contributed by atoms with Crippen LogP contribution >= 0.6 is 11.3 Å². The van der Waals surface area contributed by atoms with Crippen LogP contribution in [0.25, 0.3) is 10.9 Å². The Kier molecular flexibility index (Phi) is 4.86. The number of hydrogen-bond acceptors (Lipinski definition) is 4. The minimum atomic E-state index is 0.198. The average Bonchev–Trinajstić information content (AvgIpc) is 3.32. The number of aryl methyl sites for hydroxylation is 1. The molecule has 2 aromatic heterocycles. The van der Waals surface area contributed by atoms with E-state index in [1.807, 2.05) is 13.1 Å². The van der Waals surface area contributed by atoms with Gasteiger partial charge in [0, 0.05) is 40.8 Å². The van der Waals surface area contributed by atoms with Crippen LogP contribution in [0.1, 0.15) is 39.7 Å². The number of nitrogens with zero attached hydrogens (tertiary/aromatic N) is 2. The number of thiazole rings is 1. The molecule has 4 aromatic rings. The lowest BCUT2D eigenvalue weighted by Gasteiger charge is -2.36. The molecule has 2 aromatic carbocycles. The summed E-state index contributed by atoms with van der Waals surface area (Å²) in [6.45, 7) is 6.72. The fourth-order valence-corrected chi connectivity index (χ4v) is 5.25. The van der Waals surface area contributed by atoms with Crippen LogP contribution in [0.4, 0.5) is 0 Å². The lowest BCUT2D eigenvalue weighted by molar-refractivity contribution is 0.203. The minimum Gasteiger partial charge on any atom is -0.494 e.